The summed E-state index contributed by atoms with van der Waals surface area (Å²) in [6, 6.07) is 12.0. The molecular formula is C22H24F3N5O. The number of anilines is 3. The van der Waals surface area contributed by atoms with Crippen LogP contribution in [0.25, 0.3) is 5.69 Å². The zero-order valence-corrected chi connectivity index (χ0v) is 16.8. The first-order valence-electron chi connectivity index (χ1n) is 10.1. The number of rotatable bonds is 5. The van der Waals surface area contributed by atoms with Crippen LogP contribution < -0.4 is 16.0 Å². The second-order valence-corrected chi connectivity index (χ2v) is 7.60. The predicted molar refractivity (Wildman–Crippen MR) is 114 cm³/mol. The third-order valence-electron chi connectivity index (χ3n) is 5.40. The van der Waals surface area contributed by atoms with Gasteiger partial charge in [0.1, 0.15) is 0 Å². The van der Waals surface area contributed by atoms with Crippen molar-refractivity contribution in [2.45, 2.75) is 31.7 Å². The van der Waals surface area contributed by atoms with Gasteiger partial charge in [0.05, 0.1) is 11.3 Å². The number of hydrogen-bond acceptors (Lipinski definition) is 5. The molecule has 1 fully saturated rings. The summed E-state index contributed by atoms with van der Waals surface area (Å²) in [4.78, 5) is 2.27. The normalized spacial score (nSPS) is 15.7. The number of aliphatic hydroxyl groups is 1. The Balaban J connectivity index is 1.51. The molecule has 6 nitrogen and oxygen atoms in total. The van der Waals surface area contributed by atoms with Crippen molar-refractivity contribution in [3.63, 3.8) is 0 Å². The predicted octanol–water partition coefficient (Wildman–Crippen LogP) is 4.57. The van der Waals surface area contributed by atoms with Crippen LogP contribution in [-0.2, 0) is 6.18 Å². The molecule has 0 aliphatic carbocycles. The van der Waals surface area contributed by atoms with E-state index in [1.54, 1.807) is 12.1 Å². The fourth-order valence-corrected chi connectivity index (χ4v) is 3.74. The molecule has 4 rings (SSSR count). The van der Waals surface area contributed by atoms with Crippen LogP contribution in [-0.4, -0.2) is 28.0 Å². The molecule has 1 aliphatic rings. The van der Waals surface area contributed by atoms with E-state index in [1.165, 1.54) is 29.4 Å². The minimum absolute atomic E-state index is 0.268. The lowest BCUT2D eigenvalue weighted by Crippen LogP contribution is -2.29. The van der Waals surface area contributed by atoms with Crippen molar-refractivity contribution in [1.82, 2.24) is 9.78 Å². The first-order valence-corrected chi connectivity index (χ1v) is 10.1. The Hall–Kier alpha value is -3.20. The van der Waals surface area contributed by atoms with Crippen LogP contribution in [0.5, 0.6) is 0 Å². The molecule has 0 amide bonds. The molecule has 2 aromatic carbocycles. The van der Waals surface area contributed by atoms with Crippen LogP contribution in [0, 0.1) is 0 Å². The molecule has 9 heteroatoms. The third-order valence-corrected chi connectivity index (χ3v) is 5.40. The monoisotopic (exact) mass is 431 g/mol. The summed E-state index contributed by atoms with van der Waals surface area (Å²) in [7, 11) is 0. The molecule has 1 saturated heterocycles. The van der Waals surface area contributed by atoms with Gasteiger partial charge in [0.2, 0.25) is 0 Å². The van der Waals surface area contributed by atoms with Gasteiger partial charge in [-0.25, -0.2) is 4.68 Å². The number of hydrogen-bond donors (Lipinski definition) is 3. The van der Waals surface area contributed by atoms with Gasteiger partial charge < -0.3 is 21.1 Å². The minimum Gasteiger partial charge on any atom is -0.398 e. The molecule has 1 unspecified atom stereocenters. The van der Waals surface area contributed by atoms with Crippen molar-refractivity contribution >= 4 is 17.2 Å². The smallest absolute Gasteiger partial charge is 0.398 e. The molecule has 164 valence electrons. The Morgan fingerprint density at radius 3 is 2.52 bits per heavy atom. The fraction of sp³-hybridized carbons (Fsp3) is 0.318. The van der Waals surface area contributed by atoms with E-state index < -0.39 is 18.0 Å². The Morgan fingerprint density at radius 1 is 1.00 bits per heavy atom. The van der Waals surface area contributed by atoms with Gasteiger partial charge in [-0.15, -0.1) is 0 Å². The number of nitrogens with zero attached hydrogens (tertiary/aromatic N) is 3. The lowest BCUT2D eigenvalue weighted by molar-refractivity contribution is -0.137. The fourth-order valence-electron chi connectivity index (χ4n) is 3.74. The molecule has 1 aromatic heterocycles. The topological polar surface area (TPSA) is 79.3 Å². The highest BCUT2D eigenvalue weighted by molar-refractivity contribution is 5.60. The van der Waals surface area contributed by atoms with Gasteiger partial charge in [-0.1, -0.05) is 6.07 Å². The van der Waals surface area contributed by atoms with Crippen LogP contribution in [0.3, 0.4) is 0 Å². The molecule has 0 saturated carbocycles. The first-order chi connectivity index (χ1) is 14.8. The molecule has 1 aliphatic heterocycles. The van der Waals surface area contributed by atoms with Crippen LogP contribution >= 0.6 is 0 Å². The molecular weight excluding hydrogens is 407 g/mol. The van der Waals surface area contributed by atoms with Crippen LogP contribution in [0.15, 0.2) is 54.7 Å². The Morgan fingerprint density at radius 2 is 1.77 bits per heavy atom. The number of aliphatic hydroxyl groups excluding tert-OH is 1. The van der Waals surface area contributed by atoms with E-state index in [9.17, 15) is 18.3 Å². The van der Waals surface area contributed by atoms with Crippen LogP contribution in [0.4, 0.5) is 30.4 Å². The van der Waals surface area contributed by atoms with Gasteiger partial charge in [0.25, 0.3) is 0 Å². The van der Waals surface area contributed by atoms with Crippen LogP contribution in [0.1, 0.15) is 36.6 Å². The minimum atomic E-state index is -4.43. The van der Waals surface area contributed by atoms with E-state index in [1.807, 2.05) is 12.1 Å². The number of benzene rings is 2. The molecule has 0 spiro atoms. The quantitative estimate of drug-likeness (QED) is 0.408. The molecule has 1 atom stereocenters. The van der Waals surface area contributed by atoms with Crippen molar-refractivity contribution in [2.24, 2.45) is 0 Å². The van der Waals surface area contributed by atoms with E-state index in [-0.39, 0.29) is 5.69 Å². The van der Waals surface area contributed by atoms with Crippen molar-refractivity contribution < 1.29 is 18.3 Å². The maximum absolute atomic E-state index is 13.0. The van der Waals surface area contributed by atoms with Gasteiger partial charge in [0, 0.05) is 42.3 Å². The van der Waals surface area contributed by atoms with Crippen molar-refractivity contribution in [1.29, 1.82) is 0 Å². The molecule has 2 heterocycles. The van der Waals surface area contributed by atoms with Crippen molar-refractivity contribution in [3.8, 4) is 5.69 Å². The van der Waals surface area contributed by atoms with Crippen LogP contribution in [0.2, 0.25) is 0 Å². The SMILES string of the molecule is Nc1ccc(N2CCCCC2)cc1C(O)Nc1ccn(-c2cccc(C(F)(F)F)c2)n1. The average molecular weight is 431 g/mol. The summed E-state index contributed by atoms with van der Waals surface area (Å²) in [6.07, 6.45) is -0.539. The number of aromatic nitrogens is 2. The number of piperidine rings is 1. The van der Waals surface area contributed by atoms with E-state index in [0.29, 0.717) is 17.1 Å². The lowest BCUT2D eigenvalue weighted by Gasteiger charge is -2.29. The highest BCUT2D eigenvalue weighted by atomic mass is 19.4. The largest absolute Gasteiger partial charge is 0.416 e. The van der Waals surface area contributed by atoms with Gasteiger partial charge in [-0.3, -0.25) is 0 Å². The average Bonchev–Trinajstić information content (AvgIpc) is 3.22. The molecule has 3 aromatic rings. The second kappa shape index (κ2) is 8.50. The lowest BCUT2D eigenvalue weighted by atomic mass is 10.1. The maximum Gasteiger partial charge on any atom is 0.416 e. The Kier molecular flexibility index (Phi) is 5.77. The van der Waals surface area contributed by atoms with Crippen molar-refractivity contribution in [2.75, 3.05) is 29.0 Å². The highest BCUT2D eigenvalue weighted by Gasteiger charge is 2.30. The number of alkyl halides is 3. The van der Waals surface area contributed by atoms with E-state index in [0.717, 1.165) is 43.8 Å². The molecule has 4 N–H and O–H groups in total. The summed E-state index contributed by atoms with van der Waals surface area (Å²) < 4.78 is 40.2. The maximum atomic E-state index is 13.0. The van der Waals surface area contributed by atoms with Gasteiger partial charge in [-0.2, -0.15) is 18.3 Å². The molecule has 0 radical (unpaired) electrons. The van der Waals surface area contributed by atoms with E-state index in [2.05, 4.69) is 15.3 Å². The summed E-state index contributed by atoms with van der Waals surface area (Å²) >= 11 is 0. The summed E-state index contributed by atoms with van der Waals surface area (Å²) in [6.45, 7) is 1.93. The second-order valence-electron chi connectivity index (χ2n) is 7.60. The molecule has 0 bridgehead atoms. The standard InChI is InChI=1S/C22H24F3N5O/c23-22(24,25)15-5-4-6-17(13-15)30-12-9-20(28-30)27-21(31)18-14-16(7-8-19(18)26)29-10-2-1-3-11-29/h4-9,12-14,21,31H,1-3,10-11,26H2,(H,27,28). The van der Waals surface area contributed by atoms with Gasteiger partial charge in [0.15, 0.2) is 12.0 Å². The zero-order valence-electron chi connectivity index (χ0n) is 16.8. The summed E-state index contributed by atoms with van der Waals surface area (Å²) in [5.74, 6) is 0.313. The van der Waals surface area contributed by atoms with E-state index in [4.69, 9.17) is 5.73 Å². The molecule has 31 heavy (non-hydrogen) atoms. The van der Waals surface area contributed by atoms with Crippen molar-refractivity contribution in [3.05, 3.63) is 65.9 Å². The number of nitrogens with one attached hydrogen (secondary N) is 1. The number of halogens is 3. The number of nitrogen functional groups attached to an aromatic ring is 1. The zero-order chi connectivity index (χ0) is 22.0. The number of nitrogens with two attached hydrogens (primary N) is 1. The van der Waals surface area contributed by atoms with E-state index >= 15 is 0 Å². The van der Waals surface area contributed by atoms with Gasteiger partial charge in [-0.05, 0) is 55.7 Å². The highest BCUT2D eigenvalue weighted by Crippen LogP contribution is 2.31. The summed E-state index contributed by atoms with van der Waals surface area (Å²) in [5, 5.41) is 17.8. The summed E-state index contributed by atoms with van der Waals surface area (Å²) in [5.41, 5.74) is 7.56. The first kappa shape index (κ1) is 21.0. The Labute approximate surface area is 178 Å². The third kappa shape index (κ3) is 4.77. The van der Waals surface area contributed by atoms with Gasteiger partial charge >= 0.3 is 6.18 Å². The Bertz CT molecular complexity index is 1040.